The van der Waals surface area contributed by atoms with E-state index >= 15 is 0 Å². The second kappa shape index (κ2) is 10.7. The monoisotopic (exact) mass is 458 g/mol. The molecule has 4 heteroatoms. The summed E-state index contributed by atoms with van der Waals surface area (Å²) in [6, 6.07) is 0.817. The van der Waals surface area contributed by atoms with E-state index in [-0.39, 0.29) is 16.7 Å². The van der Waals surface area contributed by atoms with Gasteiger partial charge in [0.1, 0.15) is 0 Å². The summed E-state index contributed by atoms with van der Waals surface area (Å²) in [4.78, 5) is 26.4. The summed E-state index contributed by atoms with van der Waals surface area (Å²) in [7, 11) is 0. The molecule has 1 saturated heterocycles. The number of nitrogens with zero attached hydrogens (tertiary/aromatic N) is 1. The molecule has 7 atom stereocenters. The molecule has 2 amide bonds. The summed E-state index contributed by atoms with van der Waals surface area (Å²) >= 11 is 0. The Morgan fingerprint density at radius 1 is 0.879 bits per heavy atom. The molecule has 4 aliphatic rings. The molecule has 188 valence electrons. The number of amides is 2. The zero-order chi connectivity index (χ0) is 23.5. The average Bonchev–Trinajstić information content (AvgIpc) is 3.16. The van der Waals surface area contributed by atoms with Crippen LogP contribution in [0.2, 0.25) is 0 Å². The highest BCUT2D eigenvalue weighted by Gasteiger charge is 2.61. The van der Waals surface area contributed by atoms with Gasteiger partial charge in [-0.1, -0.05) is 65.7 Å². The summed E-state index contributed by atoms with van der Waals surface area (Å²) < 4.78 is 0. The third-order valence-electron chi connectivity index (χ3n) is 10.9. The lowest BCUT2D eigenvalue weighted by Crippen LogP contribution is -2.61. The van der Waals surface area contributed by atoms with E-state index in [1.54, 1.807) is 0 Å². The molecule has 1 unspecified atom stereocenters. The lowest BCUT2D eigenvalue weighted by atomic mass is 9.47. The Kier molecular flexibility index (Phi) is 8.11. The van der Waals surface area contributed by atoms with E-state index in [1.807, 2.05) is 0 Å². The van der Waals surface area contributed by atoms with Gasteiger partial charge in [-0.3, -0.25) is 9.59 Å². The lowest BCUT2D eigenvalue weighted by Gasteiger charge is -2.60. The van der Waals surface area contributed by atoms with Gasteiger partial charge in [-0.05, 0) is 80.0 Å². The predicted octanol–water partition coefficient (Wildman–Crippen LogP) is 6.48. The largest absolute Gasteiger partial charge is 0.353 e. The third kappa shape index (κ3) is 4.87. The summed E-state index contributed by atoms with van der Waals surface area (Å²) in [5.74, 6) is 2.53. The number of unbranched alkanes of at least 4 members (excludes halogenated alkanes) is 7. The first kappa shape index (κ1) is 25.0. The molecule has 1 heterocycles. The lowest BCUT2D eigenvalue weighted by molar-refractivity contribution is -0.138. The molecule has 0 bridgehead atoms. The Balaban J connectivity index is 1.33. The standard InChI is InChI=1S/C29H50N2O2/c1-4-5-6-7-8-9-10-11-20-31(21-32)26-15-13-23-22-12-14-25-28(2,19-17-27(33)30-25)24(22)16-18-29(23,26)3/h21-26H,4-20H2,1-3H3,(H,30,33)/t22-,23-,24-,25+,26?,28+,29-/m0/s1. The Morgan fingerprint density at radius 3 is 2.30 bits per heavy atom. The number of hydrogen-bond acceptors (Lipinski definition) is 2. The van der Waals surface area contributed by atoms with Crippen LogP contribution >= 0.6 is 0 Å². The Bertz CT molecular complexity index is 681. The fourth-order valence-electron chi connectivity index (χ4n) is 8.93. The molecule has 0 radical (unpaired) electrons. The van der Waals surface area contributed by atoms with Gasteiger partial charge in [0.2, 0.25) is 12.3 Å². The van der Waals surface area contributed by atoms with Crippen LogP contribution in [-0.4, -0.2) is 35.8 Å². The highest BCUT2D eigenvalue weighted by Crippen LogP contribution is 2.64. The van der Waals surface area contributed by atoms with Crippen molar-refractivity contribution in [2.45, 2.75) is 136 Å². The molecule has 33 heavy (non-hydrogen) atoms. The number of piperidine rings is 1. The van der Waals surface area contributed by atoms with Crippen LogP contribution in [0.1, 0.15) is 124 Å². The van der Waals surface area contributed by atoms with Crippen molar-refractivity contribution in [2.24, 2.45) is 28.6 Å². The maximum absolute atomic E-state index is 12.2. The maximum atomic E-state index is 12.2. The van der Waals surface area contributed by atoms with Gasteiger partial charge in [0.25, 0.3) is 0 Å². The smallest absolute Gasteiger partial charge is 0.220 e. The second-order valence-electron chi connectivity index (χ2n) is 12.5. The number of rotatable bonds is 11. The first-order chi connectivity index (χ1) is 15.9. The normalized spacial score (nSPS) is 39.8. The van der Waals surface area contributed by atoms with Crippen LogP contribution in [0.25, 0.3) is 0 Å². The van der Waals surface area contributed by atoms with Crippen molar-refractivity contribution >= 4 is 12.3 Å². The van der Waals surface area contributed by atoms with Crippen molar-refractivity contribution in [1.29, 1.82) is 0 Å². The van der Waals surface area contributed by atoms with Gasteiger partial charge in [0, 0.05) is 25.0 Å². The fourth-order valence-corrected chi connectivity index (χ4v) is 8.93. The minimum Gasteiger partial charge on any atom is -0.353 e. The SMILES string of the molecule is CCCCCCCCCCN(C=O)C1CC[C@H]2[C@@H]3CC[C@H]4NC(=O)CC[C@]4(C)[C@H]3CC[C@]12C. The molecular formula is C29H50N2O2. The number of carbonyl (C=O) groups is 2. The van der Waals surface area contributed by atoms with E-state index in [0.717, 1.165) is 43.6 Å². The molecule has 3 saturated carbocycles. The summed E-state index contributed by atoms with van der Waals surface area (Å²) in [5.41, 5.74) is 0.557. The molecule has 3 aliphatic carbocycles. The van der Waals surface area contributed by atoms with Gasteiger partial charge in [0.15, 0.2) is 0 Å². The first-order valence-electron chi connectivity index (χ1n) is 14.4. The summed E-state index contributed by atoms with van der Waals surface area (Å²) in [5, 5.41) is 3.35. The summed E-state index contributed by atoms with van der Waals surface area (Å²) in [6.45, 7) is 8.22. The van der Waals surface area contributed by atoms with Gasteiger partial charge in [-0.25, -0.2) is 0 Å². The minimum absolute atomic E-state index is 0.264. The van der Waals surface area contributed by atoms with E-state index < -0.39 is 0 Å². The van der Waals surface area contributed by atoms with Gasteiger partial charge in [-0.15, -0.1) is 0 Å². The first-order valence-corrected chi connectivity index (χ1v) is 14.4. The van der Waals surface area contributed by atoms with Crippen LogP contribution in [0, 0.1) is 28.6 Å². The van der Waals surface area contributed by atoms with Gasteiger partial charge in [0.05, 0.1) is 0 Å². The van der Waals surface area contributed by atoms with Crippen LogP contribution in [0.15, 0.2) is 0 Å². The number of nitrogens with one attached hydrogen (secondary N) is 1. The molecule has 1 N–H and O–H groups in total. The highest BCUT2D eigenvalue weighted by molar-refractivity contribution is 5.77. The van der Waals surface area contributed by atoms with Crippen molar-refractivity contribution in [3.8, 4) is 0 Å². The fraction of sp³-hybridized carbons (Fsp3) is 0.931. The molecule has 4 nitrogen and oxygen atoms in total. The van der Waals surface area contributed by atoms with Gasteiger partial charge in [-0.2, -0.15) is 0 Å². The van der Waals surface area contributed by atoms with E-state index in [4.69, 9.17) is 0 Å². The predicted molar refractivity (Wildman–Crippen MR) is 135 cm³/mol. The quantitative estimate of drug-likeness (QED) is 0.285. The van der Waals surface area contributed by atoms with E-state index in [1.165, 1.54) is 83.5 Å². The molecule has 0 aromatic heterocycles. The van der Waals surface area contributed by atoms with Crippen molar-refractivity contribution < 1.29 is 9.59 Å². The molecule has 0 aromatic rings. The van der Waals surface area contributed by atoms with Gasteiger partial charge >= 0.3 is 0 Å². The average molecular weight is 459 g/mol. The Morgan fingerprint density at radius 2 is 1.58 bits per heavy atom. The maximum Gasteiger partial charge on any atom is 0.220 e. The van der Waals surface area contributed by atoms with E-state index in [2.05, 4.69) is 31.0 Å². The van der Waals surface area contributed by atoms with Crippen molar-refractivity contribution in [3.63, 3.8) is 0 Å². The van der Waals surface area contributed by atoms with Crippen LogP contribution in [0.3, 0.4) is 0 Å². The van der Waals surface area contributed by atoms with Crippen LogP contribution < -0.4 is 5.32 Å². The molecule has 1 aliphatic heterocycles. The molecule has 4 fully saturated rings. The zero-order valence-electron chi connectivity index (χ0n) is 21.7. The highest BCUT2D eigenvalue weighted by atomic mass is 16.1. The minimum atomic E-state index is 0.264. The molecule has 0 spiro atoms. The number of hydrogen-bond donors (Lipinski definition) is 1. The molecular weight excluding hydrogens is 408 g/mol. The van der Waals surface area contributed by atoms with Crippen molar-refractivity contribution in [2.75, 3.05) is 6.54 Å². The summed E-state index contributed by atoms with van der Waals surface area (Å²) in [6.07, 6.45) is 20.9. The molecule has 0 aromatic carbocycles. The zero-order valence-corrected chi connectivity index (χ0v) is 21.7. The topological polar surface area (TPSA) is 49.4 Å². The van der Waals surface area contributed by atoms with Crippen molar-refractivity contribution in [1.82, 2.24) is 10.2 Å². The van der Waals surface area contributed by atoms with Crippen LogP contribution in [0.4, 0.5) is 0 Å². The molecule has 4 rings (SSSR count). The number of fused-ring (bicyclic) bond motifs is 5. The van der Waals surface area contributed by atoms with E-state index in [0.29, 0.717) is 18.5 Å². The van der Waals surface area contributed by atoms with E-state index in [9.17, 15) is 9.59 Å². The third-order valence-corrected chi connectivity index (χ3v) is 10.9. The Labute approximate surface area is 203 Å². The Hall–Kier alpha value is -1.06. The van der Waals surface area contributed by atoms with Crippen molar-refractivity contribution in [3.05, 3.63) is 0 Å². The number of carbonyl (C=O) groups excluding carboxylic acids is 2. The second-order valence-corrected chi connectivity index (χ2v) is 12.5. The van der Waals surface area contributed by atoms with Crippen LogP contribution in [0.5, 0.6) is 0 Å². The van der Waals surface area contributed by atoms with Gasteiger partial charge < -0.3 is 10.2 Å². The van der Waals surface area contributed by atoms with Crippen LogP contribution in [-0.2, 0) is 9.59 Å².